The largest absolute Gasteiger partial charge is 0.497 e. The molecule has 0 saturated carbocycles. The normalized spacial score (nSPS) is 15.7. The monoisotopic (exact) mass is 395 g/mol. The zero-order valence-corrected chi connectivity index (χ0v) is 17.1. The predicted octanol–water partition coefficient (Wildman–Crippen LogP) is 2.77. The predicted molar refractivity (Wildman–Crippen MR) is 115 cm³/mol. The minimum atomic E-state index is -0.173. The van der Waals surface area contributed by atoms with Crippen molar-refractivity contribution in [2.45, 2.75) is 31.7 Å². The molecule has 29 heavy (non-hydrogen) atoms. The van der Waals surface area contributed by atoms with Gasteiger partial charge >= 0.3 is 0 Å². The smallest absolute Gasteiger partial charge is 0.253 e. The van der Waals surface area contributed by atoms with Crippen LogP contribution in [0.25, 0.3) is 0 Å². The van der Waals surface area contributed by atoms with Gasteiger partial charge in [0.2, 0.25) is 5.91 Å². The number of ether oxygens (including phenoxy) is 1. The summed E-state index contributed by atoms with van der Waals surface area (Å²) in [6.07, 6.45) is 3.30. The Morgan fingerprint density at radius 1 is 1.17 bits per heavy atom. The van der Waals surface area contributed by atoms with Crippen LogP contribution >= 0.6 is 0 Å². The Balaban J connectivity index is 1.59. The number of amides is 2. The molecular weight excluding hydrogens is 366 g/mol. The van der Waals surface area contributed by atoms with Gasteiger partial charge < -0.3 is 20.3 Å². The van der Waals surface area contributed by atoms with E-state index in [1.807, 2.05) is 42.5 Å². The van der Waals surface area contributed by atoms with Gasteiger partial charge in [0, 0.05) is 26.1 Å². The van der Waals surface area contributed by atoms with Crippen molar-refractivity contribution in [1.29, 1.82) is 0 Å². The fraction of sp³-hybridized carbons (Fsp3) is 0.391. The fourth-order valence-electron chi connectivity index (χ4n) is 3.58. The molecule has 6 heteroatoms. The third-order valence-electron chi connectivity index (χ3n) is 5.33. The second-order valence-corrected chi connectivity index (χ2v) is 7.32. The molecule has 1 aliphatic heterocycles. The van der Waals surface area contributed by atoms with E-state index in [4.69, 9.17) is 4.74 Å². The number of nitrogens with zero attached hydrogens (tertiary/aromatic N) is 1. The molecule has 1 heterocycles. The van der Waals surface area contributed by atoms with Crippen LogP contribution in [0.2, 0.25) is 0 Å². The number of hydrogen-bond donors (Lipinski definition) is 2. The van der Waals surface area contributed by atoms with E-state index >= 15 is 0 Å². The molecule has 2 aromatic rings. The summed E-state index contributed by atoms with van der Waals surface area (Å²) >= 11 is 0. The summed E-state index contributed by atoms with van der Waals surface area (Å²) in [5.41, 5.74) is 2.27. The lowest BCUT2D eigenvalue weighted by atomic mass is 10.1. The highest BCUT2D eigenvalue weighted by atomic mass is 16.5. The molecule has 1 saturated heterocycles. The van der Waals surface area contributed by atoms with Crippen LogP contribution in [0, 0.1) is 0 Å². The molecular formula is C23H29N3O3. The van der Waals surface area contributed by atoms with Gasteiger partial charge in [0.15, 0.2) is 0 Å². The summed E-state index contributed by atoms with van der Waals surface area (Å²) in [4.78, 5) is 27.0. The summed E-state index contributed by atoms with van der Waals surface area (Å²) in [5.74, 6) is 0.655. The number of carbonyl (C=O) groups is 2. The van der Waals surface area contributed by atoms with Crippen LogP contribution < -0.4 is 20.3 Å². The molecule has 2 aromatic carbocycles. The van der Waals surface area contributed by atoms with Gasteiger partial charge in [-0.25, -0.2) is 0 Å². The SMILES string of the molecule is COc1ccc(CCNC(=O)c2ccccc2N(C)C(=O)CC2CCCN2)cc1. The van der Waals surface area contributed by atoms with Gasteiger partial charge in [-0.2, -0.15) is 0 Å². The molecule has 0 aromatic heterocycles. The van der Waals surface area contributed by atoms with E-state index in [2.05, 4.69) is 10.6 Å². The number of hydrogen-bond acceptors (Lipinski definition) is 4. The van der Waals surface area contributed by atoms with E-state index in [9.17, 15) is 9.59 Å². The summed E-state index contributed by atoms with van der Waals surface area (Å²) in [6, 6.07) is 15.3. The summed E-state index contributed by atoms with van der Waals surface area (Å²) < 4.78 is 5.16. The topological polar surface area (TPSA) is 70.7 Å². The molecule has 0 radical (unpaired) electrons. The molecule has 0 aliphatic carbocycles. The van der Waals surface area contributed by atoms with Gasteiger partial charge in [-0.05, 0) is 55.6 Å². The standard InChI is InChI=1S/C23H29N3O3/c1-26(22(27)16-18-6-5-14-24-18)21-8-4-3-7-20(21)23(28)25-15-13-17-9-11-19(29-2)12-10-17/h3-4,7-12,18,24H,5-6,13-16H2,1-2H3,(H,25,28). The highest BCUT2D eigenvalue weighted by Gasteiger charge is 2.23. The Labute approximate surface area is 172 Å². The highest BCUT2D eigenvalue weighted by Crippen LogP contribution is 2.21. The fourth-order valence-corrected chi connectivity index (χ4v) is 3.58. The maximum atomic E-state index is 12.7. The zero-order valence-electron chi connectivity index (χ0n) is 17.1. The Hall–Kier alpha value is -2.86. The number of nitrogens with one attached hydrogen (secondary N) is 2. The van der Waals surface area contributed by atoms with E-state index in [0.29, 0.717) is 24.2 Å². The number of rotatable bonds is 8. The van der Waals surface area contributed by atoms with Gasteiger partial charge in [-0.15, -0.1) is 0 Å². The second kappa shape index (κ2) is 10.1. The average Bonchev–Trinajstić information content (AvgIpc) is 3.26. The van der Waals surface area contributed by atoms with Crippen LogP contribution in [0.15, 0.2) is 48.5 Å². The van der Waals surface area contributed by atoms with Crippen LogP contribution in [-0.4, -0.2) is 45.1 Å². The first-order valence-corrected chi connectivity index (χ1v) is 10.1. The molecule has 1 fully saturated rings. The first-order valence-electron chi connectivity index (χ1n) is 10.1. The molecule has 6 nitrogen and oxygen atoms in total. The first-order chi connectivity index (χ1) is 14.1. The van der Waals surface area contributed by atoms with E-state index in [1.54, 1.807) is 25.1 Å². The van der Waals surface area contributed by atoms with Crippen molar-refractivity contribution in [1.82, 2.24) is 10.6 Å². The lowest BCUT2D eigenvalue weighted by molar-refractivity contribution is -0.118. The molecule has 154 valence electrons. The molecule has 1 unspecified atom stereocenters. The molecule has 1 atom stereocenters. The van der Waals surface area contributed by atoms with Gasteiger partial charge in [0.1, 0.15) is 5.75 Å². The van der Waals surface area contributed by atoms with Crippen molar-refractivity contribution >= 4 is 17.5 Å². The first kappa shape index (κ1) is 20.9. The summed E-state index contributed by atoms with van der Waals surface area (Å²) in [7, 11) is 3.37. The molecule has 0 bridgehead atoms. The van der Waals surface area contributed by atoms with Crippen molar-refractivity contribution in [3.8, 4) is 5.75 Å². The molecule has 3 rings (SSSR count). The Morgan fingerprint density at radius 3 is 2.62 bits per heavy atom. The van der Waals surface area contributed by atoms with E-state index in [1.165, 1.54) is 0 Å². The van der Waals surface area contributed by atoms with Crippen LogP contribution in [-0.2, 0) is 11.2 Å². The second-order valence-electron chi connectivity index (χ2n) is 7.32. The molecule has 0 spiro atoms. The lowest BCUT2D eigenvalue weighted by Gasteiger charge is -2.22. The third kappa shape index (κ3) is 5.57. The number of para-hydroxylation sites is 1. The van der Waals surface area contributed by atoms with E-state index in [-0.39, 0.29) is 17.9 Å². The van der Waals surface area contributed by atoms with Crippen molar-refractivity contribution in [3.05, 3.63) is 59.7 Å². The Bertz CT molecular complexity index is 830. The summed E-state index contributed by atoms with van der Waals surface area (Å²) in [6.45, 7) is 1.48. The maximum absolute atomic E-state index is 12.7. The minimum absolute atomic E-state index is 0.0166. The van der Waals surface area contributed by atoms with Gasteiger partial charge in [0.05, 0.1) is 18.4 Å². The van der Waals surface area contributed by atoms with Gasteiger partial charge in [-0.3, -0.25) is 9.59 Å². The van der Waals surface area contributed by atoms with E-state index < -0.39 is 0 Å². The van der Waals surface area contributed by atoms with Crippen LogP contribution in [0.1, 0.15) is 35.2 Å². The van der Waals surface area contributed by atoms with Gasteiger partial charge in [-0.1, -0.05) is 24.3 Å². The highest BCUT2D eigenvalue weighted by molar-refractivity contribution is 6.04. The number of carbonyl (C=O) groups excluding carboxylic acids is 2. The third-order valence-corrected chi connectivity index (χ3v) is 5.33. The van der Waals surface area contributed by atoms with Crippen molar-refractivity contribution in [3.63, 3.8) is 0 Å². The van der Waals surface area contributed by atoms with Crippen LogP contribution in [0.3, 0.4) is 0 Å². The quantitative estimate of drug-likeness (QED) is 0.721. The number of benzene rings is 2. The van der Waals surface area contributed by atoms with Crippen molar-refractivity contribution in [2.75, 3.05) is 32.1 Å². The average molecular weight is 396 g/mol. The van der Waals surface area contributed by atoms with E-state index in [0.717, 1.165) is 37.1 Å². The molecule has 1 aliphatic rings. The van der Waals surface area contributed by atoms with Gasteiger partial charge in [0.25, 0.3) is 5.91 Å². The van der Waals surface area contributed by atoms with Crippen LogP contribution in [0.5, 0.6) is 5.75 Å². The zero-order chi connectivity index (χ0) is 20.6. The minimum Gasteiger partial charge on any atom is -0.497 e. The van der Waals surface area contributed by atoms with Crippen molar-refractivity contribution in [2.24, 2.45) is 0 Å². The lowest BCUT2D eigenvalue weighted by Crippen LogP contribution is -2.35. The molecule has 2 amide bonds. The van der Waals surface area contributed by atoms with Crippen LogP contribution in [0.4, 0.5) is 5.69 Å². The summed E-state index contributed by atoms with van der Waals surface area (Å²) in [5, 5.41) is 6.31. The number of methoxy groups -OCH3 is 1. The number of anilines is 1. The van der Waals surface area contributed by atoms with Crippen molar-refractivity contribution < 1.29 is 14.3 Å². The maximum Gasteiger partial charge on any atom is 0.253 e. The Morgan fingerprint density at radius 2 is 1.93 bits per heavy atom. The Kier molecular flexibility index (Phi) is 7.25. The molecule has 2 N–H and O–H groups in total.